The number of aromatic nitrogens is 6. The monoisotopic (exact) mass is 700 g/mol. The first-order valence-corrected chi connectivity index (χ1v) is 17.3. The molecule has 268 valence electrons. The van der Waals surface area contributed by atoms with Gasteiger partial charge in [-0.2, -0.15) is 10.2 Å². The second kappa shape index (κ2) is 14.6. The fraction of sp³-hybridized carbons (Fsp3) is 0.405. The second-order valence-corrected chi connectivity index (χ2v) is 13.3. The van der Waals surface area contributed by atoms with E-state index in [1.54, 1.807) is 17.9 Å². The predicted molar refractivity (Wildman–Crippen MR) is 187 cm³/mol. The highest BCUT2D eigenvalue weighted by Crippen LogP contribution is 2.42. The SMILES string of the molecule is CCC([C@@H](C)O)n1ncn(-c2ccc(N3CCN(c4ccc(OC[C@@H]5CO[C@@](Cn6cncn6)(c6ccc(F)cc6F)C5)cc4)CC3)cc2)c1=O. The molecule has 14 heteroatoms. The van der Waals surface area contributed by atoms with Crippen molar-refractivity contribution in [3.8, 4) is 11.4 Å². The normalized spacial score (nSPS) is 20.5. The Morgan fingerprint density at radius 3 is 2.22 bits per heavy atom. The molecule has 2 fully saturated rings. The van der Waals surface area contributed by atoms with Crippen LogP contribution in [0.3, 0.4) is 0 Å². The Morgan fingerprint density at radius 2 is 1.61 bits per heavy atom. The van der Waals surface area contributed by atoms with Gasteiger partial charge in [-0.1, -0.05) is 13.0 Å². The van der Waals surface area contributed by atoms with Gasteiger partial charge in [-0.05, 0) is 74.4 Å². The molecule has 51 heavy (non-hydrogen) atoms. The number of rotatable bonds is 12. The Balaban J connectivity index is 0.923. The molecule has 2 aliphatic heterocycles. The minimum Gasteiger partial charge on any atom is -0.493 e. The van der Waals surface area contributed by atoms with Crippen LogP contribution in [0.25, 0.3) is 5.69 Å². The van der Waals surface area contributed by atoms with Gasteiger partial charge in [0.05, 0.1) is 37.6 Å². The van der Waals surface area contributed by atoms with Crippen LogP contribution >= 0.6 is 0 Å². The van der Waals surface area contributed by atoms with Gasteiger partial charge >= 0.3 is 5.69 Å². The van der Waals surface area contributed by atoms with Crippen molar-refractivity contribution in [2.75, 3.05) is 49.2 Å². The number of anilines is 2. The molecule has 4 atom stereocenters. The van der Waals surface area contributed by atoms with E-state index in [0.29, 0.717) is 31.6 Å². The van der Waals surface area contributed by atoms with E-state index in [2.05, 4.69) is 37.1 Å². The summed E-state index contributed by atoms with van der Waals surface area (Å²) in [6, 6.07) is 19.2. The lowest BCUT2D eigenvalue weighted by molar-refractivity contribution is -0.0206. The van der Waals surface area contributed by atoms with Gasteiger partial charge in [0.25, 0.3) is 0 Å². The first-order chi connectivity index (χ1) is 24.7. The summed E-state index contributed by atoms with van der Waals surface area (Å²) in [5, 5.41) is 18.5. The van der Waals surface area contributed by atoms with E-state index in [1.807, 2.05) is 43.3 Å². The average molecular weight is 701 g/mol. The Hall–Kier alpha value is -5.08. The zero-order valence-electron chi connectivity index (χ0n) is 28.7. The third kappa shape index (κ3) is 7.24. The molecule has 5 aromatic rings. The maximum Gasteiger partial charge on any atom is 0.350 e. The van der Waals surface area contributed by atoms with Crippen molar-refractivity contribution in [2.45, 2.75) is 51.0 Å². The molecule has 0 amide bonds. The molecule has 2 saturated heterocycles. The van der Waals surface area contributed by atoms with E-state index < -0.39 is 23.3 Å². The van der Waals surface area contributed by atoms with Crippen molar-refractivity contribution in [2.24, 2.45) is 5.92 Å². The van der Waals surface area contributed by atoms with Crippen molar-refractivity contribution >= 4 is 11.4 Å². The summed E-state index contributed by atoms with van der Waals surface area (Å²) in [5.41, 5.74) is 1.93. The zero-order valence-corrected chi connectivity index (χ0v) is 28.7. The van der Waals surface area contributed by atoms with E-state index >= 15 is 0 Å². The van der Waals surface area contributed by atoms with Crippen LogP contribution in [0.2, 0.25) is 0 Å². The number of piperazine rings is 1. The van der Waals surface area contributed by atoms with Crippen LogP contribution in [0.4, 0.5) is 20.2 Å². The maximum atomic E-state index is 15.0. The minimum absolute atomic E-state index is 0.0121. The molecule has 0 spiro atoms. The van der Waals surface area contributed by atoms with Crippen molar-refractivity contribution in [1.82, 2.24) is 29.1 Å². The van der Waals surface area contributed by atoms with E-state index in [4.69, 9.17) is 9.47 Å². The lowest BCUT2D eigenvalue weighted by Gasteiger charge is -2.37. The Kier molecular flexibility index (Phi) is 9.87. The quantitative estimate of drug-likeness (QED) is 0.200. The van der Waals surface area contributed by atoms with E-state index in [-0.39, 0.29) is 24.2 Å². The Bertz CT molecular complexity index is 1960. The van der Waals surface area contributed by atoms with Crippen LogP contribution < -0.4 is 20.2 Å². The van der Waals surface area contributed by atoms with Crippen molar-refractivity contribution in [1.29, 1.82) is 0 Å². The maximum absolute atomic E-state index is 15.0. The number of aliphatic hydroxyl groups is 1. The molecule has 2 aliphatic rings. The molecule has 0 saturated carbocycles. The van der Waals surface area contributed by atoms with Crippen LogP contribution in [0.1, 0.15) is 38.3 Å². The summed E-state index contributed by atoms with van der Waals surface area (Å²) < 4.78 is 45.6. The predicted octanol–water partition coefficient (Wildman–Crippen LogP) is 4.57. The van der Waals surface area contributed by atoms with E-state index in [9.17, 15) is 18.7 Å². The highest BCUT2D eigenvalue weighted by Gasteiger charge is 2.44. The van der Waals surface area contributed by atoms with Crippen LogP contribution in [0.15, 0.2) is 90.5 Å². The Labute approximate surface area is 294 Å². The molecule has 4 heterocycles. The number of benzene rings is 3. The molecule has 0 bridgehead atoms. The first-order valence-electron chi connectivity index (χ1n) is 17.3. The van der Waals surface area contributed by atoms with Crippen LogP contribution in [-0.2, 0) is 16.9 Å². The number of aliphatic hydroxyl groups excluding tert-OH is 1. The third-order valence-electron chi connectivity index (χ3n) is 9.96. The molecule has 12 nitrogen and oxygen atoms in total. The fourth-order valence-corrected chi connectivity index (χ4v) is 7.24. The number of ether oxygens (including phenoxy) is 2. The molecule has 3 aromatic carbocycles. The summed E-state index contributed by atoms with van der Waals surface area (Å²) in [6.45, 7) is 7.97. The van der Waals surface area contributed by atoms with Crippen molar-refractivity contribution in [3.63, 3.8) is 0 Å². The van der Waals surface area contributed by atoms with E-state index in [1.165, 1.54) is 34.0 Å². The summed E-state index contributed by atoms with van der Waals surface area (Å²) >= 11 is 0. The van der Waals surface area contributed by atoms with Gasteiger partial charge in [-0.25, -0.2) is 32.5 Å². The zero-order chi connectivity index (χ0) is 35.5. The summed E-state index contributed by atoms with van der Waals surface area (Å²) in [4.78, 5) is 21.7. The molecular weight excluding hydrogens is 658 g/mol. The van der Waals surface area contributed by atoms with Gasteiger partial charge in [-0.3, -0.25) is 0 Å². The van der Waals surface area contributed by atoms with Crippen LogP contribution in [0.5, 0.6) is 5.75 Å². The summed E-state index contributed by atoms with van der Waals surface area (Å²) in [7, 11) is 0. The number of hydrogen-bond donors (Lipinski definition) is 1. The lowest BCUT2D eigenvalue weighted by atomic mass is 9.87. The molecule has 2 aromatic heterocycles. The minimum atomic E-state index is -1.02. The first kappa shape index (κ1) is 34.4. The summed E-state index contributed by atoms with van der Waals surface area (Å²) in [6.07, 6.45) is 4.88. The molecule has 0 aliphatic carbocycles. The van der Waals surface area contributed by atoms with E-state index in [0.717, 1.165) is 55.1 Å². The van der Waals surface area contributed by atoms with Gasteiger partial charge < -0.3 is 24.4 Å². The highest BCUT2D eigenvalue weighted by molar-refractivity contribution is 5.54. The molecule has 1 unspecified atom stereocenters. The van der Waals surface area contributed by atoms with Gasteiger partial charge in [0.2, 0.25) is 0 Å². The smallest absolute Gasteiger partial charge is 0.350 e. The van der Waals surface area contributed by atoms with Gasteiger partial charge in [0.15, 0.2) is 0 Å². The number of hydrogen-bond acceptors (Lipinski definition) is 9. The van der Waals surface area contributed by atoms with Crippen molar-refractivity contribution in [3.05, 3.63) is 113 Å². The van der Waals surface area contributed by atoms with Gasteiger partial charge in [0.1, 0.15) is 42.0 Å². The second-order valence-electron chi connectivity index (χ2n) is 13.3. The topological polar surface area (TPSA) is 116 Å². The fourth-order valence-electron chi connectivity index (χ4n) is 7.24. The Morgan fingerprint density at radius 1 is 0.941 bits per heavy atom. The number of halogens is 2. The highest BCUT2D eigenvalue weighted by atomic mass is 19.1. The molecule has 7 rings (SSSR count). The average Bonchev–Trinajstić information content (AvgIpc) is 3.90. The van der Waals surface area contributed by atoms with Gasteiger partial charge in [-0.15, -0.1) is 0 Å². The van der Waals surface area contributed by atoms with Crippen molar-refractivity contribution < 1.29 is 23.4 Å². The van der Waals surface area contributed by atoms with Crippen LogP contribution in [0, 0.1) is 17.6 Å². The third-order valence-corrected chi connectivity index (χ3v) is 9.96. The van der Waals surface area contributed by atoms with Gasteiger partial charge in [0, 0.05) is 55.1 Å². The largest absolute Gasteiger partial charge is 0.493 e. The molecule has 0 radical (unpaired) electrons. The standard InChI is InChI=1S/C37H42F2N8O4/c1-3-35(26(2)48)47-36(49)46(25-42-47)31-7-5-29(6-8-31)43-14-16-44(17-15-43)30-9-11-32(12-10-30)50-20-27-19-37(51-21-27,22-45-24-40-23-41-45)33-13-4-28(38)18-34(33)39/h4-13,18,23-27,35,48H,3,14-17,19-22H2,1-2H3/t26-,27-,35?,37+/m1/s1. The molecular formula is C37H42F2N8O4. The molecule has 1 N–H and O–H groups in total. The van der Waals surface area contributed by atoms with Crippen LogP contribution in [-0.4, -0.2) is 79.7 Å². The number of nitrogens with zero attached hydrogens (tertiary/aromatic N) is 8. The lowest BCUT2D eigenvalue weighted by Crippen LogP contribution is -2.46. The summed E-state index contributed by atoms with van der Waals surface area (Å²) in [5.74, 6) is -0.563.